The van der Waals surface area contributed by atoms with Crippen molar-refractivity contribution in [3.05, 3.63) is 101 Å². The zero-order valence-electron chi connectivity index (χ0n) is 16.4. The maximum Gasteiger partial charge on any atom is 0.417 e. The molecular weight excluding hydrogens is 422 g/mol. The first-order chi connectivity index (χ1) is 15.3. The van der Waals surface area contributed by atoms with Crippen LogP contribution in [0.4, 0.5) is 17.6 Å². The van der Waals surface area contributed by atoms with Crippen molar-refractivity contribution in [1.82, 2.24) is 10.4 Å². The second kappa shape index (κ2) is 8.58. The monoisotopic (exact) mass is 437 g/mol. The molecule has 32 heavy (non-hydrogen) atoms. The summed E-state index contributed by atoms with van der Waals surface area (Å²) in [5.74, 6) is -1.02. The van der Waals surface area contributed by atoms with Crippen LogP contribution in [0.25, 0.3) is 22.2 Å². The summed E-state index contributed by atoms with van der Waals surface area (Å²) in [7, 11) is 0. The average Bonchev–Trinajstić information content (AvgIpc) is 2.78. The molecule has 1 N–H and O–H groups in total. The van der Waals surface area contributed by atoms with Crippen molar-refractivity contribution in [3.63, 3.8) is 0 Å². The second-order valence-corrected chi connectivity index (χ2v) is 6.86. The molecule has 0 bridgehead atoms. The number of aromatic nitrogens is 1. The molecule has 0 saturated carbocycles. The molecule has 1 heterocycles. The number of amides is 1. The summed E-state index contributed by atoms with van der Waals surface area (Å²) in [6.07, 6.45) is -3.59. The highest BCUT2D eigenvalue weighted by Crippen LogP contribution is 2.31. The Morgan fingerprint density at radius 3 is 2.38 bits per heavy atom. The molecule has 160 valence electrons. The fourth-order valence-electron chi connectivity index (χ4n) is 3.22. The molecule has 4 rings (SSSR count). The van der Waals surface area contributed by atoms with E-state index in [2.05, 4.69) is 15.5 Å². The Morgan fingerprint density at radius 2 is 1.62 bits per heavy atom. The lowest BCUT2D eigenvalue weighted by Gasteiger charge is -2.10. The summed E-state index contributed by atoms with van der Waals surface area (Å²) >= 11 is 0. The summed E-state index contributed by atoms with van der Waals surface area (Å²) < 4.78 is 52.6. The van der Waals surface area contributed by atoms with Crippen LogP contribution in [0.5, 0.6) is 0 Å². The number of fused-ring (bicyclic) bond motifs is 1. The van der Waals surface area contributed by atoms with Crippen LogP contribution in [-0.4, -0.2) is 17.1 Å². The Kier molecular flexibility index (Phi) is 5.68. The third-order valence-corrected chi connectivity index (χ3v) is 4.74. The fourth-order valence-corrected chi connectivity index (χ4v) is 3.22. The number of hydrogen-bond acceptors (Lipinski definition) is 3. The minimum atomic E-state index is -4.54. The van der Waals surface area contributed by atoms with Crippen molar-refractivity contribution in [2.75, 3.05) is 0 Å². The van der Waals surface area contributed by atoms with Gasteiger partial charge in [-0.05, 0) is 42.5 Å². The fraction of sp³-hybridized carbons (Fsp3) is 0.0417. The average molecular weight is 437 g/mol. The van der Waals surface area contributed by atoms with Crippen LogP contribution in [0.2, 0.25) is 0 Å². The molecule has 0 aliphatic rings. The summed E-state index contributed by atoms with van der Waals surface area (Å²) in [6, 6.07) is 19.0. The Bertz CT molecular complexity index is 1320. The molecule has 1 aromatic heterocycles. The van der Waals surface area contributed by atoms with Gasteiger partial charge in [0.15, 0.2) is 0 Å². The molecule has 0 radical (unpaired) electrons. The van der Waals surface area contributed by atoms with Gasteiger partial charge in [0.05, 0.1) is 28.6 Å². The lowest BCUT2D eigenvalue weighted by Crippen LogP contribution is -2.19. The second-order valence-electron chi connectivity index (χ2n) is 6.86. The number of carbonyl (C=O) groups excluding carboxylic acids is 1. The Balaban J connectivity index is 1.67. The van der Waals surface area contributed by atoms with Gasteiger partial charge >= 0.3 is 6.18 Å². The van der Waals surface area contributed by atoms with Crippen molar-refractivity contribution >= 4 is 23.0 Å². The topological polar surface area (TPSA) is 54.4 Å². The number of halogens is 4. The third-order valence-electron chi connectivity index (χ3n) is 4.74. The van der Waals surface area contributed by atoms with E-state index in [0.29, 0.717) is 22.2 Å². The van der Waals surface area contributed by atoms with E-state index in [9.17, 15) is 22.4 Å². The summed E-state index contributed by atoms with van der Waals surface area (Å²) in [4.78, 5) is 17.4. The zero-order chi connectivity index (χ0) is 22.7. The predicted molar refractivity (Wildman–Crippen MR) is 114 cm³/mol. The molecule has 0 atom stereocenters. The lowest BCUT2D eigenvalue weighted by atomic mass is 10.0. The smallest absolute Gasteiger partial charge is 0.267 e. The quantitative estimate of drug-likeness (QED) is 0.248. The van der Waals surface area contributed by atoms with Crippen LogP contribution in [0.1, 0.15) is 21.5 Å². The number of rotatable bonds is 4. The number of pyridine rings is 1. The molecule has 8 heteroatoms. The zero-order valence-corrected chi connectivity index (χ0v) is 16.4. The van der Waals surface area contributed by atoms with Crippen molar-refractivity contribution in [2.24, 2.45) is 5.10 Å². The number of nitrogens with one attached hydrogen (secondary N) is 1. The molecule has 4 nitrogen and oxygen atoms in total. The highest BCUT2D eigenvalue weighted by Gasteiger charge is 2.32. The van der Waals surface area contributed by atoms with E-state index in [1.54, 1.807) is 36.4 Å². The van der Waals surface area contributed by atoms with Gasteiger partial charge in [-0.3, -0.25) is 4.79 Å². The molecule has 0 fully saturated rings. The SMILES string of the molecule is O=C(NN=Cc1ccccc1C(F)(F)F)c1cc(-c2ccc(F)cc2)nc2ccccc12. The molecule has 0 unspecified atom stereocenters. The molecular formula is C24H15F4N3O. The molecule has 4 aromatic rings. The normalized spacial score (nSPS) is 11.8. The van der Waals surface area contributed by atoms with Crippen molar-refractivity contribution in [3.8, 4) is 11.3 Å². The van der Waals surface area contributed by atoms with Crippen LogP contribution in [0.3, 0.4) is 0 Å². The van der Waals surface area contributed by atoms with Crippen LogP contribution in [0.15, 0.2) is 84.0 Å². The highest BCUT2D eigenvalue weighted by atomic mass is 19.4. The lowest BCUT2D eigenvalue weighted by molar-refractivity contribution is -0.137. The summed E-state index contributed by atoms with van der Waals surface area (Å²) in [6.45, 7) is 0. The van der Waals surface area contributed by atoms with E-state index < -0.39 is 23.5 Å². The van der Waals surface area contributed by atoms with E-state index in [0.717, 1.165) is 12.3 Å². The van der Waals surface area contributed by atoms with Gasteiger partial charge < -0.3 is 0 Å². The van der Waals surface area contributed by atoms with Gasteiger partial charge in [0.1, 0.15) is 5.82 Å². The van der Waals surface area contributed by atoms with Crippen LogP contribution in [0, 0.1) is 5.82 Å². The van der Waals surface area contributed by atoms with Gasteiger partial charge in [0.2, 0.25) is 0 Å². The Labute approximate surface area is 180 Å². The molecule has 0 spiro atoms. The van der Waals surface area contributed by atoms with E-state index in [-0.39, 0.29) is 11.1 Å². The first-order valence-electron chi connectivity index (χ1n) is 9.48. The standard InChI is InChI=1S/C24H15F4N3O/c25-17-11-9-15(10-12-17)22-13-19(18-6-2-4-8-21(18)30-22)23(32)31-29-14-16-5-1-3-7-20(16)24(26,27)28/h1-14H,(H,31,32). The number of carbonyl (C=O) groups is 1. The number of benzene rings is 3. The van der Waals surface area contributed by atoms with E-state index >= 15 is 0 Å². The highest BCUT2D eigenvalue weighted by molar-refractivity contribution is 6.07. The van der Waals surface area contributed by atoms with Gasteiger partial charge in [-0.25, -0.2) is 14.8 Å². The van der Waals surface area contributed by atoms with Gasteiger partial charge in [-0.1, -0.05) is 36.4 Å². The van der Waals surface area contributed by atoms with Gasteiger partial charge in [-0.15, -0.1) is 0 Å². The molecule has 0 saturated heterocycles. The number of alkyl halides is 3. The van der Waals surface area contributed by atoms with E-state index in [1.807, 2.05) is 0 Å². The molecule has 0 aliphatic heterocycles. The van der Waals surface area contributed by atoms with E-state index in [1.165, 1.54) is 36.4 Å². The van der Waals surface area contributed by atoms with Crippen LogP contribution < -0.4 is 5.43 Å². The number of para-hydroxylation sites is 1. The predicted octanol–water partition coefficient (Wildman–Crippen LogP) is 5.82. The van der Waals surface area contributed by atoms with Gasteiger partial charge in [0.25, 0.3) is 5.91 Å². The molecule has 0 aliphatic carbocycles. The van der Waals surface area contributed by atoms with Crippen molar-refractivity contribution in [1.29, 1.82) is 0 Å². The third kappa shape index (κ3) is 4.49. The summed E-state index contributed by atoms with van der Waals surface area (Å²) in [5, 5.41) is 4.26. The minimum Gasteiger partial charge on any atom is -0.267 e. The molecule has 3 aromatic carbocycles. The Hall–Kier alpha value is -4.07. The van der Waals surface area contributed by atoms with Crippen molar-refractivity contribution < 1.29 is 22.4 Å². The first kappa shape index (κ1) is 21.2. The first-order valence-corrected chi connectivity index (χ1v) is 9.48. The maximum atomic E-state index is 13.3. The van der Waals surface area contributed by atoms with E-state index in [4.69, 9.17) is 0 Å². The van der Waals surface area contributed by atoms with Crippen LogP contribution >= 0.6 is 0 Å². The van der Waals surface area contributed by atoms with Gasteiger partial charge in [0, 0.05) is 16.5 Å². The van der Waals surface area contributed by atoms with Crippen LogP contribution in [-0.2, 0) is 6.18 Å². The van der Waals surface area contributed by atoms with Gasteiger partial charge in [-0.2, -0.15) is 18.3 Å². The maximum absolute atomic E-state index is 13.3. The Morgan fingerprint density at radius 1 is 0.938 bits per heavy atom. The largest absolute Gasteiger partial charge is 0.417 e. The van der Waals surface area contributed by atoms with Crippen molar-refractivity contribution in [2.45, 2.75) is 6.18 Å². The number of hydrogen-bond donors (Lipinski definition) is 1. The minimum absolute atomic E-state index is 0.174. The number of hydrazone groups is 1. The summed E-state index contributed by atoms with van der Waals surface area (Å²) in [5.41, 5.74) is 3.07. The number of nitrogens with zero attached hydrogens (tertiary/aromatic N) is 2. The molecule has 1 amide bonds.